The average Bonchev–Trinajstić information content (AvgIpc) is 3.36. The Morgan fingerprint density at radius 2 is 2.07 bits per heavy atom. The molecule has 0 aliphatic heterocycles. The maximum atomic E-state index is 13.0. The number of rotatable bonds is 6. The smallest absolute Gasteiger partial charge is 0.277 e. The molecule has 2 aromatic heterocycles. The van der Waals surface area contributed by atoms with E-state index in [-0.39, 0.29) is 5.56 Å². The monoisotopic (exact) mass is 400 g/mol. The lowest BCUT2D eigenvalue weighted by Gasteiger charge is -2.12. The van der Waals surface area contributed by atoms with E-state index in [0.29, 0.717) is 41.9 Å². The number of benzene rings is 1. The first-order chi connectivity index (χ1) is 13.7. The van der Waals surface area contributed by atoms with E-state index >= 15 is 0 Å². The van der Waals surface area contributed by atoms with Gasteiger partial charge >= 0.3 is 0 Å². The summed E-state index contributed by atoms with van der Waals surface area (Å²) in [6.07, 6.45) is 5.29. The van der Waals surface area contributed by atoms with Gasteiger partial charge in [-0.05, 0) is 43.9 Å². The van der Waals surface area contributed by atoms with Crippen LogP contribution in [0.25, 0.3) is 16.9 Å². The topological polar surface area (TPSA) is 72.3 Å². The molecule has 4 rings (SSSR count). The van der Waals surface area contributed by atoms with E-state index in [1.165, 1.54) is 12.8 Å². The van der Waals surface area contributed by atoms with Crippen molar-refractivity contribution >= 4 is 17.1 Å². The number of nitrogens with one attached hydrogen (secondary N) is 1. The van der Waals surface area contributed by atoms with Gasteiger partial charge in [0.05, 0.1) is 17.9 Å². The predicted molar refractivity (Wildman–Crippen MR) is 110 cm³/mol. The van der Waals surface area contributed by atoms with Gasteiger partial charge in [-0.2, -0.15) is 0 Å². The molecule has 0 atom stereocenters. The lowest BCUT2D eigenvalue weighted by atomic mass is 10.1. The second kappa shape index (κ2) is 7.95. The SMILES string of the molecule is CCOc1ccc(CCl)cc1-c1nn2c(C3CCCC3)nc(CC)c2c(=O)[nH]1. The van der Waals surface area contributed by atoms with Gasteiger partial charge in [-0.15, -0.1) is 16.7 Å². The molecule has 28 heavy (non-hydrogen) atoms. The van der Waals surface area contributed by atoms with Crippen LogP contribution in [0.1, 0.15) is 62.5 Å². The maximum Gasteiger partial charge on any atom is 0.277 e. The lowest BCUT2D eigenvalue weighted by Crippen LogP contribution is -2.16. The Kier molecular flexibility index (Phi) is 5.40. The third kappa shape index (κ3) is 3.30. The second-order valence-corrected chi connectivity index (χ2v) is 7.48. The molecule has 6 nitrogen and oxygen atoms in total. The van der Waals surface area contributed by atoms with Crippen LogP contribution in [0.3, 0.4) is 0 Å². The summed E-state index contributed by atoms with van der Waals surface area (Å²) in [6, 6.07) is 5.73. The number of aromatic amines is 1. The van der Waals surface area contributed by atoms with Gasteiger partial charge in [0.25, 0.3) is 5.56 Å². The van der Waals surface area contributed by atoms with Crippen LogP contribution in [-0.4, -0.2) is 26.2 Å². The quantitative estimate of drug-likeness (QED) is 0.621. The van der Waals surface area contributed by atoms with Crippen LogP contribution in [0, 0.1) is 0 Å². The number of hydrogen-bond acceptors (Lipinski definition) is 4. The highest BCUT2D eigenvalue weighted by atomic mass is 35.5. The number of alkyl halides is 1. The minimum Gasteiger partial charge on any atom is -0.493 e. The molecule has 0 radical (unpaired) electrons. The number of H-pyrrole nitrogens is 1. The fourth-order valence-electron chi connectivity index (χ4n) is 4.04. The summed E-state index contributed by atoms with van der Waals surface area (Å²) in [5.41, 5.74) is 2.88. The van der Waals surface area contributed by atoms with E-state index in [9.17, 15) is 4.79 Å². The van der Waals surface area contributed by atoms with Gasteiger partial charge in [0.2, 0.25) is 0 Å². The first-order valence-electron chi connectivity index (χ1n) is 10.00. The second-order valence-electron chi connectivity index (χ2n) is 7.21. The molecule has 1 N–H and O–H groups in total. The van der Waals surface area contributed by atoms with E-state index in [1.807, 2.05) is 32.0 Å². The third-order valence-electron chi connectivity index (χ3n) is 5.41. The largest absolute Gasteiger partial charge is 0.493 e. The molecule has 1 fully saturated rings. The van der Waals surface area contributed by atoms with E-state index in [0.717, 1.165) is 35.5 Å². The van der Waals surface area contributed by atoms with Gasteiger partial charge in [-0.3, -0.25) is 4.79 Å². The summed E-state index contributed by atoms with van der Waals surface area (Å²) >= 11 is 6.03. The van der Waals surface area contributed by atoms with Crippen molar-refractivity contribution in [3.05, 3.63) is 45.6 Å². The molecule has 3 aromatic rings. The molecule has 0 saturated heterocycles. The summed E-state index contributed by atoms with van der Waals surface area (Å²) in [4.78, 5) is 20.7. The molecule has 0 bridgehead atoms. The number of hydrogen-bond donors (Lipinski definition) is 1. The van der Waals surface area contributed by atoms with Crippen molar-refractivity contribution in [1.82, 2.24) is 19.6 Å². The molecule has 1 aliphatic carbocycles. The highest BCUT2D eigenvalue weighted by Gasteiger charge is 2.26. The Bertz CT molecular complexity index is 1050. The van der Waals surface area contributed by atoms with Crippen molar-refractivity contribution < 1.29 is 4.74 Å². The van der Waals surface area contributed by atoms with Crippen molar-refractivity contribution in [3.63, 3.8) is 0 Å². The van der Waals surface area contributed by atoms with Crippen LogP contribution in [0.2, 0.25) is 0 Å². The number of ether oxygens (including phenoxy) is 1. The molecule has 148 valence electrons. The highest BCUT2D eigenvalue weighted by molar-refractivity contribution is 6.17. The molecular formula is C21H25ClN4O2. The summed E-state index contributed by atoms with van der Waals surface area (Å²) in [6.45, 7) is 4.48. The van der Waals surface area contributed by atoms with Crippen molar-refractivity contribution in [1.29, 1.82) is 0 Å². The molecule has 0 unspecified atom stereocenters. The van der Waals surface area contributed by atoms with Gasteiger partial charge in [-0.1, -0.05) is 25.8 Å². The minimum absolute atomic E-state index is 0.169. The molecule has 0 spiro atoms. The molecule has 0 amide bonds. The van der Waals surface area contributed by atoms with E-state index in [1.54, 1.807) is 4.52 Å². The van der Waals surface area contributed by atoms with Crippen molar-refractivity contribution in [2.75, 3.05) is 6.61 Å². The molecule has 1 saturated carbocycles. The summed E-state index contributed by atoms with van der Waals surface area (Å²) in [7, 11) is 0. The highest BCUT2D eigenvalue weighted by Crippen LogP contribution is 2.34. The van der Waals surface area contributed by atoms with Crippen LogP contribution in [-0.2, 0) is 12.3 Å². The van der Waals surface area contributed by atoms with E-state index in [4.69, 9.17) is 26.4 Å². The Labute approximate surface area is 168 Å². The first kappa shape index (κ1) is 19.0. The Morgan fingerprint density at radius 1 is 1.29 bits per heavy atom. The van der Waals surface area contributed by atoms with Crippen LogP contribution < -0.4 is 10.3 Å². The van der Waals surface area contributed by atoms with Crippen LogP contribution in [0.5, 0.6) is 5.75 Å². The molecule has 7 heteroatoms. The molecule has 1 aliphatic rings. The van der Waals surface area contributed by atoms with Crippen molar-refractivity contribution in [2.24, 2.45) is 0 Å². The molecular weight excluding hydrogens is 376 g/mol. The zero-order chi connectivity index (χ0) is 19.7. The number of halogens is 1. The molecule has 1 aromatic carbocycles. The lowest BCUT2D eigenvalue weighted by molar-refractivity contribution is 0.341. The van der Waals surface area contributed by atoms with Crippen molar-refractivity contribution in [2.45, 2.75) is 57.7 Å². The standard InChI is InChI=1S/C21H25ClN4O2/c1-3-16-18-21(27)24-19(15-11-13(12-22)9-10-17(15)28-4-2)25-26(18)20(23-16)14-7-5-6-8-14/h9-11,14H,3-8,12H2,1-2H3,(H,24,25,27). The number of imidazole rings is 1. The zero-order valence-electron chi connectivity index (χ0n) is 16.3. The minimum atomic E-state index is -0.169. The molecule has 2 heterocycles. The summed E-state index contributed by atoms with van der Waals surface area (Å²) < 4.78 is 7.54. The fraction of sp³-hybridized carbons (Fsp3) is 0.476. The van der Waals surface area contributed by atoms with Gasteiger partial charge < -0.3 is 9.72 Å². The first-order valence-corrected chi connectivity index (χ1v) is 10.5. The van der Waals surface area contributed by atoms with Crippen molar-refractivity contribution in [3.8, 4) is 17.1 Å². The third-order valence-corrected chi connectivity index (χ3v) is 5.72. The Hall–Kier alpha value is -2.34. The summed E-state index contributed by atoms with van der Waals surface area (Å²) in [5.74, 6) is 2.80. The maximum absolute atomic E-state index is 13.0. The van der Waals surface area contributed by atoms with Crippen LogP contribution >= 0.6 is 11.6 Å². The van der Waals surface area contributed by atoms with Gasteiger partial charge in [0, 0.05) is 11.8 Å². The average molecular weight is 401 g/mol. The normalized spacial score (nSPS) is 14.8. The van der Waals surface area contributed by atoms with Crippen LogP contribution in [0.4, 0.5) is 0 Å². The number of nitrogens with zero attached hydrogens (tertiary/aromatic N) is 3. The Balaban J connectivity index is 1.94. The van der Waals surface area contributed by atoms with Gasteiger partial charge in [0.1, 0.15) is 11.6 Å². The predicted octanol–water partition coefficient (Wildman–Crippen LogP) is 4.44. The summed E-state index contributed by atoms with van der Waals surface area (Å²) in [5, 5.41) is 4.81. The van der Waals surface area contributed by atoms with E-state index in [2.05, 4.69) is 4.98 Å². The number of aromatic nitrogens is 4. The van der Waals surface area contributed by atoms with E-state index < -0.39 is 0 Å². The fourth-order valence-corrected chi connectivity index (χ4v) is 4.20. The van der Waals surface area contributed by atoms with Gasteiger partial charge in [0.15, 0.2) is 11.3 Å². The van der Waals surface area contributed by atoms with Gasteiger partial charge in [-0.25, -0.2) is 9.50 Å². The van der Waals surface area contributed by atoms with Crippen LogP contribution in [0.15, 0.2) is 23.0 Å². The zero-order valence-corrected chi connectivity index (χ0v) is 17.1. The number of aryl methyl sites for hydroxylation is 1. The number of fused-ring (bicyclic) bond motifs is 1. The Morgan fingerprint density at radius 3 is 2.75 bits per heavy atom.